The van der Waals surface area contributed by atoms with Gasteiger partial charge in [0.05, 0.1) is 47.8 Å². The van der Waals surface area contributed by atoms with Gasteiger partial charge in [-0.25, -0.2) is 23.3 Å². The monoisotopic (exact) mass is 612 g/mol. The Kier molecular flexibility index (Phi) is 8.55. The van der Waals surface area contributed by atoms with Gasteiger partial charge in [0.2, 0.25) is 11.8 Å². The van der Waals surface area contributed by atoms with Crippen LogP contribution in [0.2, 0.25) is 0 Å². The van der Waals surface area contributed by atoms with Crippen molar-refractivity contribution >= 4 is 28.8 Å². The van der Waals surface area contributed by atoms with Crippen LogP contribution < -0.4 is 10.6 Å². The standard InChI is InChI=1S/C28H33F5N6O2S/c1-15(2)22-25(42-14-34-22)26(41)38-24(17-5-8-27(29,30)9-6-17)19-13-39-20(36-19)11-18(12-35-39)23(16-3-4-16)37-21(40)7-10-28(31,32)33/h11-17,23-24H,3-10H2,1-2H3,(H,37,40)(H,38,41)/t23?,24-/m0/s1. The summed E-state index contributed by atoms with van der Waals surface area (Å²) in [6, 6.07) is 0.569. The molecule has 0 bridgehead atoms. The number of carbonyl (C=O) groups excluding carboxylic acids is 2. The normalized spacial score (nSPS) is 19.1. The van der Waals surface area contributed by atoms with E-state index in [1.165, 1.54) is 15.9 Å². The summed E-state index contributed by atoms with van der Waals surface area (Å²) in [4.78, 5) is 35.2. The molecular weight excluding hydrogens is 579 g/mol. The first-order valence-electron chi connectivity index (χ1n) is 14.1. The SMILES string of the molecule is CC(C)c1ncsc1C(=O)N[C@H](c1cn2ncc(C(NC(=O)CCC(F)(F)F)C3CC3)cc2n1)C1CCC(F)(F)CC1. The molecule has 42 heavy (non-hydrogen) atoms. The molecule has 2 amide bonds. The van der Waals surface area contributed by atoms with Crippen molar-refractivity contribution < 1.29 is 31.5 Å². The predicted molar refractivity (Wildman–Crippen MR) is 145 cm³/mol. The number of hydrogen-bond donors (Lipinski definition) is 2. The van der Waals surface area contributed by atoms with E-state index in [1.54, 1.807) is 24.0 Å². The average Bonchev–Trinajstić information content (AvgIpc) is 3.47. The summed E-state index contributed by atoms with van der Waals surface area (Å²) in [5, 5.41) is 10.2. The molecule has 2 atom stereocenters. The van der Waals surface area contributed by atoms with E-state index >= 15 is 0 Å². The third kappa shape index (κ3) is 7.24. The third-order valence-electron chi connectivity index (χ3n) is 7.95. The predicted octanol–water partition coefficient (Wildman–Crippen LogP) is 6.52. The molecule has 0 radical (unpaired) electrons. The van der Waals surface area contributed by atoms with E-state index < -0.39 is 42.9 Å². The summed E-state index contributed by atoms with van der Waals surface area (Å²) in [7, 11) is 0. The number of aromatic nitrogens is 4. The number of alkyl halides is 5. The molecule has 5 rings (SSSR count). The van der Waals surface area contributed by atoms with Crippen LogP contribution in [-0.4, -0.2) is 43.5 Å². The maximum absolute atomic E-state index is 14.0. The van der Waals surface area contributed by atoms with Crippen LogP contribution in [0.4, 0.5) is 22.0 Å². The lowest BCUT2D eigenvalue weighted by Gasteiger charge is -2.33. The molecule has 0 aliphatic heterocycles. The molecule has 2 aliphatic rings. The zero-order valence-electron chi connectivity index (χ0n) is 23.3. The highest BCUT2D eigenvalue weighted by Crippen LogP contribution is 2.43. The molecule has 0 spiro atoms. The molecule has 3 heterocycles. The van der Waals surface area contributed by atoms with E-state index in [2.05, 4.69) is 20.7 Å². The summed E-state index contributed by atoms with van der Waals surface area (Å²) in [6.07, 6.45) is -1.58. The Labute approximate surface area is 243 Å². The summed E-state index contributed by atoms with van der Waals surface area (Å²) < 4.78 is 67.4. The van der Waals surface area contributed by atoms with Crippen LogP contribution in [0.5, 0.6) is 0 Å². The van der Waals surface area contributed by atoms with Gasteiger partial charge in [0, 0.05) is 19.3 Å². The molecular formula is C28H33F5N6O2S. The molecule has 228 valence electrons. The van der Waals surface area contributed by atoms with Gasteiger partial charge in [-0.15, -0.1) is 11.3 Å². The maximum Gasteiger partial charge on any atom is 0.389 e. The van der Waals surface area contributed by atoms with Crippen molar-refractivity contribution in [1.82, 2.24) is 30.2 Å². The van der Waals surface area contributed by atoms with Gasteiger partial charge in [-0.2, -0.15) is 18.3 Å². The Morgan fingerprint density at radius 1 is 1.10 bits per heavy atom. The van der Waals surface area contributed by atoms with E-state index in [0.717, 1.165) is 12.8 Å². The highest BCUT2D eigenvalue weighted by molar-refractivity contribution is 7.11. The van der Waals surface area contributed by atoms with Crippen LogP contribution in [0.15, 0.2) is 24.0 Å². The van der Waals surface area contributed by atoms with Crippen molar-refractivity contribution in [1.29, 1.82) is 0 Å². The van der Waals surface area contributed by atoms with Crippen molar-refractivity contribution in [3.63, 3.8) is 0 Å². The van der Waals surface area contributed by atoms with Gasteiger partial charge < -0.3 is 10.6 Å². The number of thiazole rings is 1. The molecule has 3 aromatic rings. The van der Waals surface area contributed by atoms with Crippen molar-refractivity contribution in [2.75, 3.05) is 0 Å². The zero-order chi connectivity index (χ0) is 30.2. The molecule has 1 unspecified atom stereocenters. The van der Waals surface area contributed by atoms with Gasteiger partial charge in [0.15, 0.2) is 5.65 Å². The Bertz CT molecular complexity index is 1420. The number of rotatable bonds is 10. The average molecular weight is 613 g/mol. The minimum Gasteiger partial charge on any atom is -0.349 e. The molecule has 0 saturated heterocycles. The summed E-state index contributed by atoms with van der Waals surface area (Å²) >= 11 is 1.22. The van der Waals surface area contributed by atoms with Crippen molar-refractivity contribution in [3.8, 4) is 0 Å². The fraction of sp³-hybridized carbons (Fsp3) is 0.607. The molecule has 8 nitrogen and oxygen atoms in total. The van der Waals surface area contributed by atoms with E-state index in [4.69, 9.17) is 4.98 Å². The zero-order valence-corrected chi connectivity index (χ0v) is 24.1. The van der Waals surface area contributed by atoms with Crippen LogP contribution >= 0.6 is 11.3 Å². The van der Waals surface area contributed by atoms with E-state index in [0.29, 0.717) is 27.5 Å². The van der Waals surface area contributed by atoms with Crippen molar-refractivity contribution in [3.05, 3.63) is 45.8 Å². The number of nitrogens with one attached hydrogen (secondary N) is 2. The topological polar surface area (TPSA) is 101 Å². The number of imidazole rings is 1. The first-order valence-corrected chi connectivity index (χ1v) is 15.0. The van der Waals surface area contributed by atoms with Crippen LogP contribution in [0.25, 0.3) is 5.65 Å². The second-order valence-electron chi connectivity index (χ2n) is 11.6. The molecule has 2 saturated carbocycles. The fourth-order valence-electron chi connectivity index (χ4n) is 5.51. The maximum atomic E-state index is 14.0. The summed E-state index contributed by atoms with van der Waals surface area (Å²) in [6.45, 7) is 3.87. The third-order valence-corrected chi connectivity index (χ3v) is 8.79. The molecule has 14 heteroatoms. The highest BCUT2D eigenvalue weighted by Gasteiger charge is 2.40. The second kappa shape index (κ2) is 11.8. The fourth-order valence-corrected chi connectivity index (χ4v) is 6.35. The summed E-state index contributed by atoms with van der Waals surface area (Å²) in [5.41, 5.74) is 3.77. The minimum absolute atomic E-state index is 0.0232. The van der Waals surface area contributed by atoms with Gasteiger partial charge in [0.1, 0.15) is 4.88 Å². The number of nitrogens with zero attached hydrogens (tertiary/aromatic N) is 4. The van der Waals surface area contributed by atoms with Crippen molar-refractivity contribution in [2.24, 2.45) is 11.8 Å². The molecule has 2 N–H and O–H groups in total. The quantitative estimate of drug-likeness (QED) is 0.254. The lowest BCUT2D eigenvalue weighted by Crippen LogP contribution is -2.37. The number of halogens is 5. The van der Waals surface area contributed by atoms with Crippen molar-refractivity contribution in [2.45, 2.75) is 95.3 Å². The largest absolute Gasteiger partial charge is 0.389 e. The minimum atomic E-state index is -4.42. The molecule has 2 fully saturated rings. The highest BCUT2D eigenvalue weighted by atomic mass is 32.1. The van der Waals surface area contributed by atoms with E-state index in [1.807, 2.05) is 13.8 Å². The molecule has 0 aromatic carbocycles. The number of hydrogen-bond acceptors (Lipinski definition) is 6. The number of fused-ring (bicyclic) bond motifs is 1. The van der Waals surface area contributed by atoms with Gasteiger partial charge in [-0.3, -0.25) is 9.59 Å². The van der Waals surface area contributed by atoms with Gasteiger partial charge in [0.25, 0.3) is 5.91 Å². The Morgan fingerprint density at radius 2 is 1.79 bits per heavy atom. The number of carbonyl (C=O) groups is 2. The van der Waals surface area contributed by atoms with Gasteiger partial charge in [-0.05, 0) is 55.1 Å². The van der Waals surface area contributed by atoms with Gasteiger partial charge in [-0.1, -0.05) is 13.8 Å². The number of amides is 2. The molecule has 2 aliphatic carbocycles. The second-order valence-corrected chi connectivity index (χ2v) is 12.5. The first kappa shape index (κ1) is 30.3. The van der Waals surface area contributed by atoms with Crippen LogP contribution in [-0.2, 0) is 4.79 Å². The summed E-state index contributed by atoms with van der Waals surface area (Å²) in [5.74, 6) is -3.94. The Balaban J connectivity index is 1.40. The lowest BCUT2D eigenvalue weighted by molar-refractivity contribution is -0.144. The Morgan fingerprint density at radius 3 is 2.43 bits per heavy atom. The molecule has 3 aromatic heterocycles. The van der Waals surface area contributed by atoms with Crippen LogP contribution in [0.1, 0.15) is 110 Å². The Hall–Kier alpha value is -3.16. The first-order chi connectivity index (χ1) is 19.8. The van der Waals surface area contributed by atoms with E-state index in [9.17, 15) is 31.5 Å². The van der Waals surface area contributed by atoms with Crippen LogP contribution in [0, 0.1) is 11.8 Å². The van der Waals surface area contributed by atoms with E-state index in [-0.39, 0.29) is 49.3 Å². The lowest BCUT2D eigenvalue weighted by atomic mass is 9.81. The smallest absolute Gasteiger partial charge is 0.349 e. The van der Waals surface area contributed by atoms with Gasteiger partial charge >= 0.3 is 6.18 Å². The van der Waals surface area contributed by atoms with Crippen LogP contribution in [0.3, 0.4) is 0 Å².